The topological polar surface area (TPSA) is 106 Å². The van der Waals surface area contributed by atoms with Gasteiger partial charge in [0.2, 0.25) is 11.8 Å². The first-order valence-corrected chi connectivity index (χ1v) is 15.8. The van der Waals surface area contributed by atoms with Crippen molar-refractivity contribution in [2.45, 2.75) is 44.8 Å². The quantitative estimate of drug-likeness (QED) is 0.289. The highest BCUT2D eigenvalue weighted by Gasteiger charge is 2.41. The minimum absolute atomic E-state index is 0.144. The Kier molecular flexibility index (Phi) is 7.86. The number of hydrogen-bond acceptors (Lipinski definition) is 7. The number of ether oxygens (including phenoxy) is 1. The van der Waals surface area contributed by atoms with Crippen LogP contribution >= 0.6 is 0 Å². The van der Waals surface area contributed by atoms with Gasteiger partial charge in [0, 0.05) is 50.1 Å². The predicted octanol–water partition coefficient (Wildman–Crippen LogP) is 4.93. The summed E-state index contributed by atoms with van der Waals surface area (Å²) >= 11 is 0. The lowest BCUT2D eigenvalue weighted by molar-refractivity contribution is -0.134. The predicted molar refractivity (Wildman–Crippen MR) is 176 cm³/mol. The van der Waals surface area contributed by atoms with Crippen molar-refractivity contribution in [2.24, 2.45) is 0 Å². The maximum atomic E-state index is 14.9. The van der Waals surface area contributed by atoms with Crippen molar-refractivity contribution in [2.75, 3.05) is 36.5 Å². The van der Waals surface area contributed by atoms with Crippen molar-refractivity contribution in [1.29, 1.82) is 5.26 Å². The van der Waals surface area contributed by atoms with Crippen molar-refractivity contribution in [3.05, 3.63) is 100 Å². The maximum absolute atomic E-state index is 14.9. The van der Waals surface area contributed by atoms with Gasteiger partial charge in [-0.3, -0.25) is 29.5 Å². The highest BCUT2D eigenvalue weighted by Crippen LogP contribution is 2.42. The lowest BCUT2D eigenvalue weighted by Crippen LogP contribution is -2.53. The zero-order valence-electron chi connectivity index (χ0n) is 26.3. The molecule has 238 valence electrons. The maximum Gasteiger partial charge on any atom is 0.259 e. The van der Waals surface area contributed by atoms with Crippen LogP contribution in [0.2, 0.25) is 0 Å². The zero-order chi connectivity index (χ0) is 32.8. The van der Waals surface area contributed by atoms with Crippen LogP contribution in [0.3, 0.4) is 0 Å². The third-order valence-electron chi connectivity index (χ3n) is 9.53. The number of nitrogens with zero attached hydrogens (tertiary/aromatic N) is 4. The monoisotopic (exact) mass is 631 g/mol. The second-order valence-corrected chi connectivity index (χ2v) is 12.5. The molecule has 0 aromatic heterocycles. The Hall–Kier alpha value is -5.27. The van der Waals surface area contributed by atoms with Crippen LogP contribution in [0.15, 0.2) is 66.7 Å². The number of amides is 3. The molecule has 3 amide bonds. The van der Waals surface area contributed by atoms with Crippen LogP contribution < -0.4 is 19.9 Å². The molecular weight excluding hydrogens is 597 g/mol. The lowest BCUT2D eigenvalue weighted by atomic mass is 9.95. The van der Waals surface area contributed by atoms with Crippen LogP contribution in [0.25, 0.3) is 10.8 Å². The summed E-state index contributed by atoms with van der Waals surface area (Å²) in [6.45, 7) is 5.62. The number of halogens is 1. The molecule has 4 aromatic rings. The molecule has 0 bridgehead atoms. The molecule has 1 unspecified atom stereocenters. The van der Waals surface area contributed by atoms with E-state index in [1.54, 1.807) is 13.2 Å². The Morgan fingerprint density at radius 2 is 1.74 bits per heavy atom. The molecule has 0 saturated carbocycles. The van der Waals surface area contributed by atoms with Gasteiger partial charge < -0.3 is 9.64 Å². The van der Waals surface area contributed by atoms with E-state index < -0.39 is 23.7 Å². The van der Waals surface area contributed by atoms with E-state index in [9.17, 15) is 24.0 Å². The van der Waals surface area contributed by atoms with Crippen LogP contribution in [0.5, 0.6) is 5.75 Å². The summed E-state index contributed by atoms with van der Waals surface area (Å²) in [6, 6.07) is 22.1. The Labute approximate surface area is 272 Å². The summed E-state index contributed by atoms with van der Waals surface area (Å²) in [5.74, 6) is -1.09. The molecule has 3 heterocycles. The molecule has 9 nitrogen and oxygen atoms in total. The van der Waals surface area contributed by atoms with Gasteiger partial charge in [0.05, 0.1) is 35.7 Å². The average molecular weight is 632 g/mol. The summed E-state index contributed by atoms with van der Waals surface area (Å²) in [7, 11) is 1.63. The second-order valence-electron chi connectivity index (χ2n) is 12.5. The summed E-state index contributed by atoms with van der Waals surface area (Å²) in [6.07, 6.45) is 0.919. The van der Waals surface area contributed by atoms with Gasteiger partial charge in [-0.25, -0.2) is 4.39 Å². The molecular formula is C37H34FN5O4. The molecule has 2 fully saturated rings. The first-order valence-electron chi connectivity index (χ1n) is 15.8. The number of hydrogen-bond donors (Lipinski definition) is 1. The summed E-state index contributed by atoms with van der Waals surface area (Å²) in [5.41, 5.74) is 5.53. The van der Waals surface area contributed by atoms with Gasteiger partial charge in [-0.05, 0) is 72.2 Å². The first kappa shape index (κ1) is 30.4. The number of imide groups is 1. The number of nitriles is 1. The first-order chi connectivity index (χ1) is 22.7. The van der Waals surface area contributed by atoms with Gasteiger partial charge >= 0.3 is 0 Å². The fraction of sp³-hybridized carbons (Fsp3) is 0.297. The van der Waals surface area contributed by atoms with Crippen molar-refractivity contribution in [1.82, 2.24) is 10.2 Å². The SMILES string of the molecule is COc1cc(C#N)ccc1N1CCN(Cc2ccc(Cc3ccc4c5c(cc(F)cc35)C(=O)N4C3CCC(=O)NC3=O)cc2)C[C@@H]1C. The lowest BCUT2D eigenvalue weighted by Gasteiger charge is -2.41. The Morgan fingerprint density at radius 3 is 2.47 bits per heavy atom. The van der Waals surface area contributed by atoms with Gasteiger partial charge in [-0.15, -0.1) is 0 Å². The highest BCUT2D eigenvalue weighted by atomic mass is 19.1. The second kappa shape index (κ2) is 12.2. The van der Waals surface area contributed by atoms with Crippen molar-refractivity contribution >= 4 is 39.9 Å². The van der Waals surface area contributed by atoms with E-state index in [2.05, 4.69) is 52.4 Å². The Bertz CT molecular complexity index is 1970. The molecule has 0 aliphatic carbocycles. The van der Waals surface area contributed by atoms with Crippen LogP contribution in [0, 0.1) is 17.1 Å². The van der Waals surface area contributed by atoms with Crippen molar-refractivity contribution in [3.63, 3.8) is 0 Å². The zero-order valence-corrected chi connectivity index (χ0v) is 26.3. The third kappa shape index (κ3) is 5.57. The van der Waals surface area contributed by atoms with E-state index in [0.717, 1.165) is 43.0 Å². The number of carbonyl (C=O) groups excluding carboxylic acids is 3. The van der Waals surface area contributed by atoms with E-state index >= 15 is 0 Å². The molecule has 1 N–H and O–H groups in total. The molecule has 7 rings (SSSR count). The van der Waals surface area contributed by atoms with Crippen LogP contribution in [0.1, 0.15) is 52.4 Å². The fourth-order valence-electron chi connectivity index (χ4n) is 7.25. The number of anilines is 2. The van der Waals surface area contributed by atoms with Gasteiger partial charge in [0.25, 0.3) is 5.91 Å². The van der Waals surface area contributed by atoms with Crippen LogP contribution in [-0.2, 0) is 22.6 Å². The molecule has 2 saturated heterocycles. The van der Waals surface area contributed by atoms with Gasteiger partial charge in [0.15, 0.2) is 0 Å². The Balaban J connectivity index is 1.05. The summed E-state index contributed by atoms with van der Waals surface area (Å²) in [4.78, 5) is 44.0. The van der Waals surface area contributed by atoms with E-state index in [1.807, 2.05) is 24.3 Å². The number of carbonyl (C=O) groups is 3. The van der Waals surface area contributed by atoms with Gasteiger partial charge in [0.1, 0.15) is 17.6 Å². The number of piperazine rings is 1. The molecule has 4 aromatic carbocycles. The summed E-state index contributed by atoms with van der Waals surface area (Å²) in [5, 5.41) is 12.9. The highest BCUT2D eigenvalue weighted by molar-refractivity contribution is 6.27. The Morgan fingerprint density at radius 1 is 0.979 bits per heavy atom. The molecule has 0 spiro atoms. The molecule has 0 radical (unpaired) electrons. The van der Waals surface area contributed by atoms with Crippen molar-refractivity contribution in [3.8, 4) is 11.8 Å². The minimum Gasteiger partial charge on any atom is -0.495 e. The summed E-state index contributed by atoms with van der Waals surface area (Å²) < 4.78 is 20.5. The van der Waals surface area contributed by atoms with Crippen LogP contribution in [0.4, 0.5) is 15.8 Å². The number of nitrogens with one attached hydrogen (secondary N) is 1. The van der Waals surface area contributed by atoms with E-state index in [-0.39, 0.29) is 30.4 Å². The van der Waals surface area contributed by atoms with E-state index in [0.29, 0.717) is 34.2 Å². The number of benzene rings is 4. The van der Waals surface area contributed by atoms with Crippen LogP contribution in [-0.4, -0.2) is 61.4 Å². The third-order valence-corrected chi connectivity index (χ3v) is 9.53. The van der Waals surface area contributed by atoms with E-state index in [4.69, 9.17) is 4.74 Å². The standard InChI is InChI=1S/C37H34FN5O4/c1-22-20-41(13-14-42(22)30-9-7-25(19-39)16-33(30)47-2)21-24-5-3-23(4-6-24)15-26-8-10-31-35-28(26)17-27(38)18-29(35)37(46)43(31)32-11-12-34(44)40-36(32)45/h3-10,16-18,22,32H,11-15,20-21H2,1-2H3,(H,40,44,45)/t22-,32?/m0/s1. The molecule has 2 atom stereocenters. The average Bonchev–Trinajstić information content (AvgIpc) is 3.34. The molecule has 3 aliphatic heterocycles. The van der Waals surface area contributed by atoms with Gasteiger partial charge in [-0.2, -0.15) is 5.26 Å². The molecule has 3 aliphatic rings. The smallest absolute Gasteiger partial charge is 0.259 e. The van der Waals surface area contributed by atoms with E-state index in [1.165, 1.54) is 22.6 Å². The molecule has 10 heteroatoms. The normalized spacial score (nSPS) is 19.7. The minimum atomic E-state index is -0.818. The largest absolute Gasteiger partial charge is 0.495 e. The van der Waals surface area contributed by atoms with Crippen molar-refractivity contribution < 1.29 is 23.5 Å². The number of piperidine rings is 1. The molecule has 47 heavy (non-hydrogen) atoms. The number of rotatable bonds is 7. The number of methoxy groups -OCH3 is 1. The fourth-order valence-corrected chi connectivity index (χ4v) is 7.25. The van der Waals surface area contributed by atoms with Gasteiger partial charge in [-0.1, -0.05) is 30.3 Å².